The number of amides is 1. The molecule has 0 unspecified atom stereocenters. The number of carbonyl (C=O) groups excluding carboxylic acids is 1. The van der Waals surface area contributed by atoms with E-state index in [0.29, 0.717) is 11.8 Å². The van der Waals surface area contributed by atoms with Gasteiger partial charge in [-0.3, -0.25) is 18.8 Å². The summed E-state index contributed by atoms with van der Waals surface area (Å²) in [5, 5.41) is 7.97. The van der Waals surface area contributed by atoms with Crippen molar-refractivity contribution in [2.24, 2.45) is 7.05 Å². The summed E-state index contributed by atoms with van der Waals surface area (Å²) in [6, 6.07) is 1.82. The van der Waals surface area contributed by atoms with Crippen LogP contribution in [0.1, 0.15) is 35.7 Å². The number of hydrogen-bond donors (Lipinski definition) is 1. The molecule has 0 saturated carbocycles. The number of aromatic nitrogens is 4. The van der Waals surface area contributed by atoms with E-state index in [-0.39, 0.29) is 24.1 Å². The average Bonchev–Trinajstić information content (AvgIpc) is 3.14. The quantitative estimate of drug-likeness (QED) is 0.702. The minimum atomic E-state index is -0.198. The van der Waals surface area contributed by atoms with Crippen LogP contribution < -0.4 is 10.9 Å². The zero-order valence-corrected chi connectivity index (χ0v) is 17.2. The van der Waals surface area contributed by atoms with Crippen molar-refractivity contribution in [2.45, 2.75) is 53.1 Å². The number of rotatable bonds is 6. The molecule has 3 aromatic rings. The minimum Gasteiger partial charge on any atom is -0.352 e. The number of nitrogens with one attached hydrogen (secondary N) is 1. The van der Waals surface area contributed by atoms with Gasteiger partial charge in [0, 0.05) is 23.7 Å². The summed E-state index contributed by atoms with van der Waals surface area (Å²) >= 11 is 1.52. The zero-order valence-electron chi connectivity index (χ0n) is 16.4. The number of thiophene rings is 1. The third kappa shape index (κ3) is 3.95. The van der Waals surface area contributed by atoms with E-state index in [0.717, 1.165) is 33.1 Å². The maximum Gasteiger partial charge on any atom is 0.262 e. The lowest BCUT2D eigenvalue weighted by atomic mass is 10.1. The first-order chi connectivity index (χ1) is 12.8. The fourth-order valence-electron chi connectivity index (χ4n) is 3.24. The van der Waals surface area contributed by atoms with E-state index in [1.54, 1.807) is 0 Å². The summed E-state index contributed by atoms with van der Waals surface area (Å²) in [6.07, 6.45) is 3.03. The molecule has 0 aliphatic carbocycles. The van der Waals surface area contributed by atoms with Crippen molar-refractivity contribution in [2.75, 3.05) is 0 Å². The molecular weight excluding hydrogens is 362 g/mol. The molecule has 0 radical (unpaired) electrons. The van der Waals surface area contributed by atoms with Gasteiger partial charge in [-0.25, -0.2) is 4.98 Å². The lowest BCUT2D eigenvalue weighted by molar-refractivity contribution is -0.122. The highest BCUT2D eigenvalue weighted by molar-refractivity contribution is 7.18. The van der Waals surface area contributed by atoms with Crippen LogP contribution in [0.25, 0.3) is 10.2 Å². The van der Waals surface area contributed by atoms with E-state index in [1.807, 2.05) is 45.5 Å². The number of aryl methyl sites for hydroxylation is 3. The molecule has 0 spiro atoms. The Bertz CT molecular complexity index is 1050. The highest BCUT2D eigenvalue weighted by Gasteiger charge is 2.16. The van der Waals surface area contributed by atoms with Gasteiger partial charge in [0.25, 0.3) is 5.56 Å². The molecule has 1 atom stereocenters. The molecule has 144 valence electrons. The molecular formula is C19H25N5O2S. The van der Waals surface area contributed by atoms with Crippen LogP contribution in [-0.2, 0) is 31.2 Å². The van der Waals surface area contributed by atoms with Gasteiger partial charge in [-0.05, 0) is 45.2 Å². The highest BCUT2D eigenvalue weighted by atomic mass is 32.1. The molecule has 0 aromatic carbocycles. The van der Waals surface area contributed by atoms with Crippen LogP contribution in [0.5, 0.6) is 0 Å². The first-order valence-corrected chi connectivity index (χ1v) is 9.88. The Morgan fingerprint density at radius 1 is 1.37 bits per heavy atom. The van der Waals surface area contributed by atoms with Gasteiger partial charge in [0.1, 0.15) is 11.4 Å². The van der Waals surface area contributed by atoms with Crippen molar-refractivity contribution in [3.05, 3.63) is 44.6 Å². The molecule has 0 fully saturated rings. The largest absolute Gasteiger partial charge is 0.352 e. The lowest BCUT2D eigenvalue weighted by Crippen LogP contribution is -2.38. The van der Waals surface area contributed by atoms with E-state index in [4.69, 9.17) is 0 Å². The monoisotopic (exact) mass is 387 g/mol. The molecule has 3 heterocycles. The highest BCUT2D eigenvalue weighted by Crippen LogP contribution is 2.21. The Labute approximate surface area is 162 Å². The Morgan fingerprint density at radius 3 is 2.74 bits per heavy atom. The minimum absolute atomic E-state index is 0.0333. The number of nitrogens with zero attached hydrogens (tertiary/aromatic N) is 4. The third-order valence-corrected chi connectivity index (χ3v) is 6.00. The van der Waals surface area contributed by atoms with E-state index in [9.17, 15) is 9.59 Å². The van der Waals surface area contributed by atoms with E-state index < -0.39 is 0 Å². The first-order valence-electron chi connectivity index (χ1n) is 9.06. The van der Waals surface area contributed by atoms with E-state index in [1.165, 1.54) is 22.2 Å². The summed E-state index contributed by atoms with van der Waals surface area (Å²) in [6.45, 7) is 7.97. The van der Waals surface area contributed by atoms with Gasteiger partial charge in [-0.1, -0.05) is 6.92 Å². The van der Waals surface area contributed by atoms with E-state index >= 15 is 0 Å². The van der Waals surface area contributed by atoms with Crippen molar-refractivity contribution < 1.29 is 4.79 Å². The molecule has 8 heteroatoms. The summed E-state index contributed by atoms with van der Waals surface area (Å²) in [5.41, 5.74) is 3.06. The lowest BCUT2D eigenvalue weighted by Gasteiger charge is -2.15. The fourth-order valence-corrected chi connectivity index (χ4v) is 4.17. The predicted molar refractivity (Wildman–Crippen MR) is 107 cm³/mol. The van der Waals surface area contributed by atoms with E-state index in [2.05, 4.69) is 15.4 Å². The summed E-state index contributed by atoms with van der Waals surface area (Å²) in [7, 11) is 1.92. The van der Waals surface area contributed by atoms with Crippen LogP contribution in [0.2, 0.25) is 0 Å². The van der Waals surface area contributed by atoms with Crippen LogP contribution in [0.15, 0.2) is 17.2 Å². The Morgan fingerprint density at radius 2 is 2.11 bits per heavy atom. The van der Waals surface area contributed by atoms with Gasteiger partial charge >= 0.3 is 0 Å². The SMILES string of the molecule is CCc1cc2c(=O)n(CC(=O)N[C@H](C)Cc3c(C)nn(C)c3C)cnc2s1. The molecule has 3 aromatic heterocycles. The third-order valence-electron chi connectivity index (χ3n) is 4.81. The molecule has 0 aliphatic rings. The number of hydrogen-bond acceptors (Lipinski definition) is 5. The second-order valence-electron chi connectivity index (χ2n) is 6.91. The summed E-state index contributed by atoms with van der Waals surface area (Å²) in [4.78, 5) is 31.2. The zero-order chi connectivity index (χ0) is 19.7. The second kappa shape index (κ2) is 7.64. The predicted octanol–water partition coefficient (Wildman–Crippen LogP) is 2.12. The topological polar surface area (TPSA) is 81.8 Å². The van der Waals surface area contributed by atoms with Crippen LogP contribution in [0.4, 0.5) is 0 Å². The molecule has 0 saturated heterocycles. The fraction of sp³-hybridized carbons (Fsp3) is 0.474. The smallest absolute Gasteiger partial charge is 0.262 e. The van der Waals surface area contributed by atoms with Crippen molar-refractivity contribution in [3.63, 3.8) is 0 Å². The van der Waals surface area contributed by atoms with Gasteiger partial charge in [-0.2, -0.15) is 5.10 Å². The van der Waals surface area contributed by atoms with Crippen molar-refractivity contribution in [1.29, 1.82) is 0 Å². The summed E-state index contributed by atoms with van der Waals surface area (Å²) in [5.74, 6) is -0.198. The molecule has 3 rings (SSSR count). The normalized spacial score (nSPS) is 12.5. The standard InChI is InChI=1S/C19H25N5O2S/c1-6-14-8-16-18(27-14)20-10-24(19(16)26)9-17(25)21-11(2)7-15-12(3)22-23(5)13(15)4/h8,10-11H,6-7,9H2,1-5H3,(H,21,25)/t11-/m1/s1. The van der Waals surface area contributed by atoms with Gasteiger partial charge in [0.2, 0.25) is 5.91 Å². The van der Waals surface area contributed by atoms with Crippen LogP contribution in [0, 0.1) is 13.8 Å². The molecule has 7 nitrogen and oxygen atoms in total. The molecule has 0 bridgehead atoms. The van der Waals surface area contributed by atoms with Crippen LogP contribution in [-0.4, -0.2) is 31.3 Å². The molecule has 1 N–H and O–H groups in total. The molecule has 27 heavy (non-hydrogen) atoms. The van der Waals surface area contributed by atoms with Crippen LogP contribution >= 0.6 is 11.3 Å². The number of carbonyl (C=O) groups is 1. The van der Waals surface area contributed by atoms with Gasteiger partial charge in [-0.15, -0.1) is 11.3 Å². The Kier molecular flexibility index (Phi) is 5.46. The maximum atomic E-state index is 12.6. The molecule has 0 aliphatic heterocycles. The Hall–Kier alpha value is -2.48. The van der Waals surface area contributed by atoms with Crippen molar-refractivity contribution in [1.82, 2.24) is 24.6 Å². The van der Waals surface area contributed by atoms with Crippen molar-refractivity contribution in [3.8, 4) is 0 Å². The average molecular weight is 388 g/mol. The van der Waals surface area contributed by atoms with Crippen LogP contribution in [0.3, 0.4) is 0 Å². The Balaban J connectivity index is 1.69. The maximum absolute atomic E-state index is 12.6. The second-order valence-corrected chi connectivity index (χ2v) is 8.02. The molecule has 1 amide bonds. The first kappa shape index (κ1) is 19.3. The van der Waals surface area contributed by atoms with Gasteiger partial charge < -0.3 is 5.32 Å². The number of fused-ring (bicyclic) bond motifs is 1. The summed E-state index contributed by atoms with van der Waals surface area (Å²) < 4.78 is 3.22. The van der Waals surface area contributed by atoms with Gasteiger partial charge in [0.05, 0.1) is 17.4 Å². The van der Waals surface area contributed by atoms with Crippen molar-refractivity contribution >= 4 is 27.5 Å². The van der Waals surface area contributed by atoms with Gasteiger partial charge in [0.15, 0.2) is 0 Å².